The molecular weight excluding hydrogens is 290 g/mol. The van der Waals surface area contributed by atoms with Crippen LogP contribution < -0.4 is 11.1 Å². The number of hydrogen-bond acceptors (Lipinski definition) is 3. The normalized spacial score (nSPS) is 12.3. The van der Waals surface area contributed by atoms with E-state index in [0.717, 1.165) is 16.5 Å². The molecule has 94 valence electrons. The van der Waals surface area contributed by atoms with Gasteiger partial charge in [0.15, 0.2) is 0 Å². The molecule has 3 nitrogen and oxygen atoms in total. The van der Waals surface area contributed by atoms with E-state index < -0.39 is 0 Å². The number of rotatable bonds is 4. The topological polar surface area (TPSA) is 50.9 Å². The largest absolute Gasteiger partial charge is 0.383 e. The Hall–Kier alpha value is -1.39. The van der Waals surface area contributed by atoms with E-state index in [1.807, 2.05) is 37.4 Å². The van der Waals surface area contributed by atoms with Gasteiger partial charge < -0.3 is 11.1 Å². The number of nitrogens with one attached hydrogen (secondary N) is 1. The average molecular weight is 306 g/mol. The van der Waals surface area contributed by atoms with E-state index in [-0.39, 0.29) is 6.04 Å². The molecule has 0 aliphatic rings. The van der Waals surface area contributed by atoms with Crippen LogP contribution >= 0.6 is 15.9 Å². The van der Waals surface area contributed by atoms with Crippen molar-refractivity contribution >= 4 is 21.7 Å². The van der Waals surface area contributed by atoms with Crippen molar-refractivity contribution in [2.75, 3.05) is 12.8 Å². The van der Waals surface area contributed by atoms with Gasteiger partial charge >= 0.3 is 0 Å². The number of hydrogen-bond donors (Lipinski definition) is 2. The molecule has 3 N–H and O–H groups in total. The molecule has 18 heavy (non-hydrogen) atoms. The van der Waals surface area contributed by atoms with Gasteiger partial charge in [-0.05, 0) is 36.7 Å². The molecule has 2 aromatic rings. The Balaban J connectivity index is 2.26. The maximum absolute atomic E-state index is 5.89. The maximum atomic E-state index is 5.89. The molecule has 0 bridgehead atoms. The highest BCUT2D eigenvalue weighted by molar-refractivity contribution is 9.10. The van der Waals surface area contributed by atoms with Crippen molar-refractivity contribution in [1.82, 2.24) is 10.3 Å². The van der Waals surface area contributed by atoms with E-state index in [1.165, 1.54) is 5.56 Å². The summed E-state index contributed by atoms with van der Waals surface area (Å²) in [6.07, 6.45) is 2.53. The molecule has 0 saturated heterocycles. The van der Waals surface area contributed by atoms with E-state index in [4.69, 9.17) is 5.73 Å². The summed E-state index contributed by atoms with van der Waals surface area (Å²) in [5, 5.41) is 3.32. The van der Waals surface area contributed by atoms with Gasteiger partial charge in [0, 0.05) is 16.7 Å². The number of aromatic nitrogens is 1. The zero-order chi connectivity index (χ0) is 13.0. The van der Waals surface area contributed by atoms with E-state index in [9.17, 15) is 0 Å². The first kappa shape index (κ1) is 13.1. The van der Waals surface area contributed by atoms with Gasteiger partial charge in [-0.3, -0.25) is 0 Å². The Morgan fingerprint density at radius 1 is 1.28 bits per heavy atom. The quantitative estimate of drug-likeness (QED) is 0.913. The summed E-state index contributed by atoms with van der Waals surface area (Å²) in [5.41, 5.74) is 8.18. The molecule has 1 unspecified atom stereocenters. The van der Waals surface area contributed by atoms with Crippen molar-refractivity contribution in [3.63, 3.8) is 0 Å². The molecular formula is C14H16BrN3. The van der Waals surface area contributed by atoms with Crippen LogP contribution in [0.1, 0.15) is 17.2 Å². The van der Waals surface area contributed by atoms with Crippen LogP contribution in [0.2, 0.25) is 0 Å². The second-order valence-corrected chi connectivity index (χ2v) is 4.97. The Morgan fingerprint density at radius 3 is 2.72 bits per heavy atom. The van der Waals surface area contributed by atoms with Gasteiger partial charge in [-0.15, -0.1) is 0 Å². The summed E-state index contributed by atoms with van der Waals surface area (Å²) in [6.45, 7) is 0. The Kier molecular flexibility index (Phi) is 4.33. The molecule has 0 fully saturated rings. The number of halogens is 1. The number of nitrogens with zero attached hydrogens (tertiary/aromatic N) is 1. The second kappa shape index (κ2) is 5.98. The minimum atomic E-state index is 0.215. The maximum Gasteiger partial charge on any atom is 0.126 e. The molecule has 0 aliphatic heterocycles. The van der Waals surface area contributed by atoms with Crippen LogP contribution in [0.25, 0.3) is 0 Å². The summed E-state index contributed by atoms with van der Waals surface area (Å²) in [6, 6.07) is 12.4. The predicted molar refractivity (Wildman–Crippen MR) is 78.3 cm³/mol. The average Bonchev–Trinajstić information content (AvgIpc) is 2.39. The van der Waals surface area contributed by atoms with Crippen molar-refractivity contribution in [3.05, 3.63) is 58.2 Å². The number of pyridine rings is 1. The first-order valence-electron chi connectivity index (χ1n) is 5.83. The number of benzene rings is 1. The van der Waals surface area contributed by atoms with Gasteiger partial charge in [-0.1, -0.05) is 40.2 Å². The minimum absolute atomic E-state index is 0.215. The number of anilines is 1. The molecule has 1 atom stereocenters. The lowest BCUT2D eigenvalue weighted by atomic mass is 9.99. The fourth-order valence-electron chi connectivity index (χ4n) is 1.97. The Labute approximate surface area is 116 Å². The van der Waals surface area contributed by atoms with E-state index in [0.29, 0.717) is 5.82 Å². The Bertz CT molecular complexity index is 528. The van der Waals surface area contributed by atoms with E-state index >= 15 is 0 Å². The smallest absolute Gasteiger partial charge is 0.126 e. The second-order valence-electron chi connectivity index (χ2n) is 4.11. The van der Waals surface area contributed by atoms with Gasteiger partial charge in [-0.2, -0.15) is 0 Å². The highest BCUT2D eigenvalue weighted by Gasteiger charge is 2.14. The van der Waals surface area contributed by atoms with Crippen molar-refractivity contribution in [2.24, 2.45) is 0 Å². The van der Waals surface area contributed by atoms with Crippen molar-refractivity contribution in [3.8, 4) is 0 Å². The number of nitrogen functional groups attached to an aromatic ring is 1. The molecule has 4 heteroatoms. The minimum Gasteiger partial charge on any atom is -0.383 e. The van der Waals surface area contributed by atoms with Crippen LogP contribution in [-0.4, -0.2) is 12.0 Å². The summed E-state index contributed by atoms with van der Waals surface area (Å²) in [5.74, 6) is 0.602. The summed E-state index contributed by atoms with van der Waals surface area (Å²) in [4.78, 5) is 4.12. The molecule has 2 rings (SSSR count). The molecule has 0 radical (unpaired) electrons. The van der Waals surface area contributed by atoms with Crippen LogP contribution in [0.15, 0.2) is 47.1 Å². The Morgan fingerprint density at radius 2 is 2.06 bits per heavy atom. The zero-order valence-corrected chi connectivity index (χ0v) is 11.8. The standard InChI is InChI=1S/C14H16BrN3/c1-17-13(11-6-2-3-7-12(11)15)9-10-5-4-8-18-14(10)16/h2-8,13,17H,9H2,1H3,(H2,16,18). The summed E-state index contributed by atoms with van der Waals surface area (Å²) < 4.78 is 1.10. The molecule has 1 aromatic heterocycles. The fraction of sp³-hybridized carbons (Fsp3) is 0.214. The highest BCUT2D eigenvalue weighted by atomic mass is 79.9. The molecule has 0 spiro atoms. The zero-order valence-electron chi connectivity index (χ0n) is 10.2. The van der Waals surface area contributed by atoms with E-state index in [2.05, 4.69) is 32.3 Å². The molecule has 0 saturated carbocycles. The first-order chi connectivity index (χ1) is 8.72. The van der Waals surface area contributed by atoms with Crippen LogP contribution in [0.4, 0.5) is 5.82 Å². The fourth-order valence-corrected chi connectivity index (χ4v) is 2.53. The number of nitrogens with two attached hydrogens (primary N) is 1. The van der Waals surface area contributed by atoms with Crippen LogP contribution in [-0.2, 0) is 6.42 Å². The monoisotopic (exact) mass is 305 g/mol. The van der Waals surface area contributed by atoms with Crippen molar-refractivity contribution in [2.45, 2.75) is 12.5 Å². The lowest BCUT2D eigenvalue weighted by Gasteiger charge is -2.18. The molecule has 0 amide bonds. The van der Waals surface area contributed by atoms with Crippen molar-refractivity contribution in [1.29, 1.82) is 0 Å². The van der Waals surface area contributed by atoms with Crippen LogP contribution in [0.5, 0.6) is 0 Å². The third kappa shape index (κ3) is 2.89. The predicted octanol–water partition coefficient (Wildman–Crippen LogP) is 2.93. The molecule has 1 aromatic carbocycles. The number of likely N-dealkylation sites (N-methyl/N-ethyl adjacent to an activating group) is 1. The summed E-state index contributed by atoms with van der Waals surface area (Å²) >= 11 is 3.58. The van der Waals surface area contributed by atoms with Crippen LogP contribution in [0.3, 0.4) is 0 Å². The SMILES string of the molecule is CNC(Cc1cccnc1N)c1ccccc1Br. The third-order valence-electron chi connectivity index (χ3n) is 2.98. The lowest BCUT2D eigenvalue weighted by molar-refractivity contribution is 0.590. The van der Waals surface area contributed by atoms with Gasteiger partial charge in [0.05, 0.1) is 0 Å². The van der Waals surface area contributed by atoms with E-state index in [1.54, 1.807) is 6.20 Å². The van der Waals surface area contributed by atoms with Crippen LogP contribution in [0, 0.1) is 0 Å². The highest BCUT2D eigenvalue weighted by Crippen LogP contribution is 2.26. The lowest BCUT2D eigenvalue weighted by Crippen LogP contribution is -2.20. The molecule has 0 aliphatic carbocycles. The summed E-state index contributed by atoms with van der Waals surface area (Å²) in [7, 11) is 1.96. The molecule has 1 heterocycles. The van der Waals surface area contributed by atoms with Gasteiger partial charge in [-0.25, -0.2) is 4.98 Å². The van der Waals surface area contributed by atoms with Gasteiger partial charge in [0.25, 0.3) is 0 Å². The first-order valence-corrected chi connectivity index (χ1v) is 6.62. The third-order valence-corrected chi connectivity index (χ3v) is 3.70. The van der Waals surface area contributed by atoms with Gasteiger partial charge in [0.2, 0.25) is 0 Å². The van der Waals surface area contributed by atoms with Gasteiger partial charge in [0.1, 0.15) is 5.82 Å². The van der Waals surface area contributed by atoms with Crippen molar-refractivity contribution < 1.29 is 0 Å².